The second kappa shape index (κ2) is 5.18. The van der Waals surface area contributed by atoms with Crippen LogP contribution in [0.25, 0.3) is 0 Å². The lowest BCUT2D eigenvalue weighted by molar-refractivity contribution is -0.143. The number of hydrogen-bond acceptors (Lipinski definition) is 3. The highest BCUT2D eigenvalue weighted by atomic mass is 35.5. The van der Waals surface area contributed by atoms with E-state index < -0.39 is 0 Å². The predicted molar refractivity (Wildman–Crippen MR) is 91.9 cm³/mol. The molecule has 2 aliphatic carbocycles. The first-order valence-electron chi connectivity index (χ1n) is 8.67. The zero-order chi connectivity index (χ0) is 17.3. The monoisotopic (exact) mass is 356 g/mol. The van der Waals surface area contributed by atoms with Crippen LogP contribution >= 0.6 is 11.6 Å². The van der Waals surface area contributed by atoms with Crippen molar-refractivity contribution in [2.75, 3.05) is 18.0 Å². The van der Waals surface area contributed by atoms with E-state index in [1.54, 1.807) is 11.0 Å². The van der Waals surface area contributed by atoms with Gasteiger partial charge in [0.1, 0.15) is 6.54 Å². The maximum absolute atomic E-state index is 12.8. The van der Waals surface area contributed by atoms with Crippen molar-refractivity contribution >= 4 is 35.0 Å². The van der Waals surface area contributed by atoms with Crippen LogP contribution in [0.1, 0.15) is 12.0 Å². The highest BCUT2D eigenvalue weighted by Gasteiger charge is 2.59. The molecule has 2 heterocycles. The Morgan fingerprint density at radius 1 is 1.12 bits per heavy atom. The van der Waals surface area contributed by atoms with Crippen LogP contribution in [-0.4, -0.2) is 35.7 Å². The summed E-state index contributed by atoms with van der Waals surface area (Å²) in [6.45, 7) is 0.389. The molecule has 0 N–H and O–H groups in total. The number of amides is 3. The number of rotatable bonds is 2. The molecule has 2 fully saturated rings. The topological polar surface area (TPSA) is 57.7 Å². The third kappa shape index (κ3) is 2.05. The SMILES string of the molecule is O=C1[C@@H]2[C@H](C(=O)N1CC(=O)N1CCc3ccc(Cl)cc31)[C@H]1C=C[C@H]2C1. The standard InChI is InChI=1S/C19H17ClN2O3/c20-13-4-3-10-5-6-21(14(10)8-13)15(23)9-22-18(24)16-11-1-2-12(7-11)17(16)19(22)25/h1-4,8,11-12,16-17H,5-7,9H2/t11-,12-,16-,17+/m0/s1. The van der Waals surface area contributed by atoms with Crippen LogP contribution in [0, 0.1) is 23.7 Å². The molecule has 4 aliphatic rings. The molecule has 0 radical (unpaired) electrons. The average Bonchev–Trinajstić information content (AvgIpc) is 3.34. The molecule has 2 aliphatic heterocycles. The first kappa shape index (κ1) is 15.1. The van der Waals surface area contributed by atoms with Crippen molar-refractivity contribution in [3.05, 3.63) is 40.9 Å². The van der Waals surface area contributed by atoms with Crippen LogP contribution in [0.5, 0.6) is 0 Å². The number of likely N-dealkylation sites (tertiary alicyclic amines) is 1. The van der Waals surface area contributed by atoms with Crippen molar-refractivity contribution in [1.29, 1.82) is 0 Å². The van der Waals surface area contributed by atoms with Gasteiger partial charge in [-0.05, 0) is 42.4 Å². The summed E-state index contributed by atoms with van der Waals surface area (Å²) in [5, 5.41) is 0.573. The van der Waals surface area contributed by atoms with Crippen LogP contribution in [0.2, 0.25) is 5.02 Å². The molecule has 1 aromatic rings. The minimum Gasteiger partial charge on any atom is -0.310 e. The minimum absolute atomic E-state index is 0.165. The number of hydrogen-bond donors (Lipinski definition) is 0. The molecule has 1 saturated carbocycles. The normalized spacial score (nSPS) is 31.9. The molecular formula is C19H17ClN2O3. The molecule has 0 aromatic heterocycles. The first-order valence-corrected chi connectivity index (χ1v) is 9.05. The molecule has 0 unspecified atom stereocenters. The lowest BCUT2D eigenvalue weighted by atomic mass is 9.85. The van der Waals surface area contributed by atoms with Crippen molar-refractivity contribution in [3.63, 3.8) is 0 Å². The Morgan fingerprint density at radius 3 is 2.48 bits per heavy atom. The summed E-state index contributed by atoms with van der Waals surface area (Å²) in [5.41, 5.74) is 1.86. The Balaban J connectivity index is 1.37. The second-order valence-corrected chi connectivity index (χ2v) is 7.77. The lowest BCUT2D eigenvalue weighted by Gasteiger charge is -2.22. The number of allylic oxidation sites excluding steroid dienone is 2. The molecule has 1 saturated heterocycles. The fraction of sp³-hybridized carbons (Fsp3) is 0.421. The zero-order valence-electron chi connectivity index (χ0n) is 13.5. The van der Waals surface area contributed by atoms with Crippen LogP contribution in [0.3, 0.4) is 0 Å². The zero-order valence-corrected chi connectivity index (χ0v) is 14.3. The summed E-state index contributed by atoms with van der Waals surface area (Å²) in [7, 11) is 0. The third-order valence-electron chi connectivity index (χ3n) is 6.10. The molecule has 2 bridgehead atoms. The Bertz CT molecular complexity index is 819. The lowest BCUT2D eigenvalue weighted by Crippen LogP contribution is -2.43. The van der Waals surface area contributed by atoms with Gasteiger partial charge in [-0.3, -0.25) is 19.3 Å². The smallest absolute Gasteiger partial charge is 0.247 e. The Hall–Kier alpha value is -2.14. The van der Waals surface area contributed by atoms with Gasteiger partial charge in [-0.1, -0.05) is 29.8 Å². The van der Waals surface area contributed by atoms with E-state index in [9.17, 15) is 14.4 Å². The van der Waals surface area contributed by atoms with Gasteiger partial charge in [0.15, 0.2) is 0 Å². The number of benzene rings is 1. The molecule has 0 spiro atoms. The maximum atomic E-state index is 12.8. The fourth-order valence-corrected chi connectivity index (χ4v) is 5.12. The van der Waals surface area contributed by atoms with Crippen molar-refractivity contribution in [2.45, 2.75) is 12.8 Å². The number of carbonyl (C=O) groups excluding carboxylic acids is 3. The van der Waals surface area contributed by atoms with Gasteiger partial charge in [0.2, 0.25) is 17.7 Å². The van der Waals surface area contributed by atoms with Crippen molar-refractivity contribution in [1.82, 2.24) is 4.90 Å². The van der Waals surface area contributed by atoms with E-state index in [1.165, 1.54) is 4.90 Å². The number of imide groups is 1. The van der Waals surface area contributed by atoms with Crippen LogP contribution in [0.15, 0.2) is 30.4 Å². The number of fused-ring (bicyclic) bond motifs is 6. The number of carbonyl (C=O) groups is 3. The summed E-state index contributed by atoms with van der Waals surface area (Å²) in [6.07, 6.45) is 5.77. The van der Waals surface area contributed by atoms with Crippen molar-refractivity contribution in [3.8, 4) is 0 Å². The number of halogens is 1. The van der Waals surface area contributed by atoms with Crippen molar-refractivity contribution < 1.29 is 14.4 Å². The molecule has 25 heavy (non-hydrogen) atoms. The van der Waals surface area contributed by atoms with Gasteiger partial charge in [-0.25, -0.2) is 0 Å². The summed E-state index contributed by atoms with van der Waals surface area (Å²) in [6, 6.07) is 5.50. The molecule has 6 heteroatoms. The summed E-state index contributed by atoms with van der Waals surface area (Å²) in [5.74, 6) is -0.749. The van der Waals surface area contributed by atoms with Gasteiger partial charge >= 0.3 is 0 Å². The molecule has 3 amide bonds. The van der Waals surface area contributed by atoms with Gasteiger partial charge in [-0.2, -0.15) is 0 Å². The maximum Gasteiger partial charge on any atom is 0.247 e. The summed E-state index contributed by atoms with van der Waals surface area (Å²) < 4.78 is 0. The van der Waals surface area contributed by atoms with Crippen LogP contribution in [-0.2, 0) is 20.8 Å². The fourth-order valence-electron chi connectivity index (χ4n) is 4.95. The molecule has 128 valence electrons. The third-order valence-corrected chi connectivity index (χ3v) is 6.33. The summed E-state index contributed by atoms with van der Waals surface area (Å²) >= 11 is 6.05. The average molecular weight is 357 g/mol. The van der Waals surface area contributed by atoms with Gasteiger partial charge in [0.05, 0.1) is 11.8 Å². The predicted octanol–water partition coefficient (Wildman–Crippen LogP) is 2.04. The van der Waals surface area contributed by atoms with E-state index >= 15 is 0 Å². The Morgan fingerprint density at radius 2 is 1.80 bits per heavy atom. The van der Waals surface area contributed by atoms with Gasteiger partial charge in [0, 0.05) is 17.3 Å². The number of anilines is 1. The van der Waals surface area contributed by atoms with E-state index in [-0.39, 0.29) is 47.9 Å². The Kier molecular flexibility index (Phi) is 3.14. The van der Waals surface area contributed by atoms with E-state index in [1.807, 2.05) is 12.1 Å². The highest BCUT2D eigenvalue weighted by molar-refractivity contribution is 6.31. The van der Waals surface area contributed by atoms with Crippen LogP contribution in [0.4, 0.5) is 5.69 Å². The molecular weight excluding hydrogens is 340 g/mol. The van der Waals surface area contributed by atoms with E-state index in [0.29, 0.717) is 11.6 Å². The van der Waals surface area contributed by atoms with Gasteiger partial charge < -0.3 is 4.90 Å². The van der Waals surface area contributed by atoms with E-state index in [0.717, 1.165) is 24.1 Å². The Labute approximate surface area is 150 Å². The minimum atomic E-state index is -0.254. The van der Waals surface area contributed by atoms with E-state index in [2.05, 4.69) is 12.2 Å². The van der Waals surface area contributed by atoms with Crippen LogP contribution < -0.4 is 4.90 Å². The first-order chi connectivity index (χ1) is 12.0. The molecule has 5 nitrogen and oxygen atoms in total. The van der Waals surface area contributed by atoms with Crippen molar-refractivity contribution in [2.24, 2.45) is 23.7 Å². The van der Waals surface area contributed by atoms with Gasteiger partial charge in [0.25, 0.3) is 0 Å². The molecule has 4 atom stereocenters. The number of nitrogens with zero attached hydrogens (tertiary/aromatic N) is 2. The quantitative estimate of drug-likeness (QED) is 0.602. The highest BCUT2D eigenvalue weighted by Crippen LogP contribution is 2.52. The largest absolute Gasteiger partial charge is 0.310 e. The molecule has 1 aromatic carbocycles. The second-order valence-electron chi connectivity index (χ2n) is 7.33. The molecule has 5 rings (SSSR count). The summed E-state index contributed by atoms with van der Waals surface area (Å²) in [4.78, 5) is 41.0. The van der Waals surface area contributed by atoms with E-state index in [4.69, 9.17) is 11.6 Å². The van der Waals surface area contributed by atoms with Gasteiger partial charge in [-0.15, -0.1) is 0 Å².